The third kappa shape index (κ3) is 5.44. The van der Waals surface area contributed by atoms with E-state index in [0.29, 0.717) is 35.0 Å². The number of nitrogens with one attached hydrogen (secondary N) is 1. The molecule has 5 fully saturated rings. The van der Waals surface area contributed by atoms with Gasteiger partial charge in [0.1, 0.15) is 6.10 Å². The second-order valence-electron chi connectivity index (χ2n) is 18.8. The summed E-state index contributed by atoms with van der Waals surface area (Å²) < 4.78 is 6.17. The van der Waals surface area contributed by atoms with Crippen LogP contribution in [0.4, 0.5) is 0 Å². The number of hydrogen-bond donors (Lipinski definition) is 2. The number of nitrogens with zero attached hydrogens (tertiary/aromatic N) is 1. The smallest absolute Gasteiger partial charge is 0.309 e. The zero-order valence-corrected chi connectivity index (χ0v) is 30.5. The Kier molecular flexibility index (Phi) is 9.03. The number of esters is 1. The largest absolute Gasteiger partial charge is 0.481 e. The molecule has 0 aromatic heterocycles. The summed E-state index contributed by atoms with van der Waals surface area (Å²) in [6.45, 7) is 24.9. The number of carbonyl (C=O) groups is 2. The maximum Gasteiger partial charge on any atom is 0.309 e. The Labute approximate surface area is 274 Å². The molecule has 6 nitrogen and oxygen atoms in total. The van der Waals surface area contributed by atoms with Crippen LogP contribution in [-0.2, 0) is 14.3 Å². The summed E-state index contributed by atoms with van der Waals surface area (Å²) in [5.74, 6) is 1.81. The van der Waals surface area contributed by atoms with Gasteiger partial charge in [0.25, 0.3) is 0 Å². The minimum atomic E-state index is -1.12. The van der Waals surface area contributed by atoms with Crippen LogP contribution in [-0.4, -0.2) is 60.8 Å². The fourth-order valence-corrected chi connectivity index (χ4v) is 12.8. The third-order valence-electron chi connectivity index (χ3n) is 15.5. The maximum absolute atomic E-state index is 13.0. The van der Waals surface area contributed by atoms with Crippen molar-refractivity contribution in [2.24, 2.45) is 56.7 Å². The average molecular weight is 627 g/mol. The molecule has 0 saturated heterocycles. The van der Waals surface area contributed by atoms with Crippen LogP contribution < -0.4 is 5.32 Å². The number of allylic oxidation sites excluding steroid dienone is 1. The van der Waals surface area contributed by atoms with Gasteiger partial charge < -0.3 is 20.1 Å². The highest BCUT2D eigenvalue weighted by Gasteiger charge is 2.71. The number of carbonyl (C=O) groups excluding carboxylic acids is 1. The summed E-state index contributed by atoms with van der Waals surface area (Å²) in [5, 5.41) is 13.8. The Morgan fingerprint density at radius 3 is 2.22 bits per heavy atom. The molecule has 0 bridgehead atoms. The van der Waals surface area contributed by atoms with Gasteiger partial charge in [-0.15, -0.1) is 0 Å². The van der Waals surface area contributed by atoms with Crippen LogP contribution >= 0.6 is 0 Å². The molecule has 0 spiro atoms. The van der Waals surface area contributed by atoms with Gasteiger partial charge in [0.05, 0.1) is 11.8 Å². The molecule has 5 aliphatic rings. The molecule has 256 valence electrons. The van der Waals surface area contributed by atoms with Gasteiger partial charge in [-0.1, -0.05) is 46.8 Å². The number of carboxylic acids is 1. The summed E-state index contributed by atoms with van der Waals surface area (Å²) in [7, 11) is 4.36. The van der Waals surface area contributed by atoms with E-state index >= 15 is 0 Å². The van der Waals surface area contributed by atoms with Crippen molar-refractivity contribution < 1.29 is 19.4 Å². The molecule has 0 aliphatic heterocycles. The molecule has 10 atom stereocenters. The fraction of sp³-hybridized carbons (Fsp3) is 0.897. The molecular formula is C39H66N2O4. The quantitative estimate of drug-likeness (QED) is 0.200. The molecule has 2 N–H and O–H groups in total. The summed E-state index contributed by atoms with van der Waals surface area (Å²) in [6, 6.07) is 0. The normalized spacial score (nSPS) is 43.9. The topological polar surface area (TPSA) is 78.9 Å². The highest BCUT2D eigenvalue weighted by atomic mass is 16.5. The van der Waals surface area contributed by atoms with Crippen molar-refractivity contribution >= 4 is 11.9 Å². The summed E-state index contributed by atoms with van der Waals surface area (Å²) in [6.07, 6.45) is 11.9. The van der Waals surface area contributed by atoms with E-state index in [1.54, 1.807) is 13.8 Å². The first kappa shape index (κ1) is 34.9. The van der Waals surface area contributed by atoms with Crippen LogP contribution in [0.3, 0.4) is 0 Å². The van der Waals surface area contributed by atoms with Gasteiger partial charge in [-0.2, -0.15) is 0 Å². The predicted octanol–water partition coefficient (Wildman–Crippen LogP) is 7.96. The van der Waals surface area contributed by atoms with Crippen molar-refractivity contribution in [1.82, 2.24) is 10.2 Å². The van der Waals surface area contributed by atoms with E-state index in [2.05, 4.69) is 72.4 Å². The molecule has 5 aliphatic carbocycles. The standard InChI is InChI=1S/C39H66N2O4/c1-25(2)26-14-19-39(40-22-23-41(10)11)21-20-37(8)27(32(26)39)12-13-29-36(7)17-16-30(45-31(42)24-34(3,4)33(43)44)35(5,6)28(36)15-18-38(29,37)9/h26-30,32,40H,1,12-24H2,2-11H3,(H,43,44)/t26-,27?,28-,29+,30-,32+,36-,37+,38+,39-/m0/s1. The minimum Gasteiger partial charge on any atom is -0.481 e. The van der Waals surface area contributed by atoms with Crippen molar-refractivity contribution in [2.45, 2.75) is 138 Å². The Morgan fingerprint density at radius 1 is 0.911 bits per heavy atom. The molecule has 0 heterocycles. The number of likely N-dealkylation sites (N-methyl/N-ethyl adjacent to an activating group) is 1. The van der Waals surface area contributed by atoms with Gasteiger partial charge in [0.15, 0.2) is 0 Å². The first-order chi connectivity index (χ1) is 20.7. The summed E-state index contributed by atoms with van der Waals surface area (Å²) in [4.78, 5) is 27.0. The molecule has 5 rings (SSSR count). The molecule has 1 unspecified atom stereocenters. The lowest BCUT2D eigenvalue weighted by molar-refractivity contribution is -0.246. The molecule has 0 aromatic carbocycles. The lowest BCUT2D eigenvalue weighted by atomic mass is 9.32. The lowest BCUT2D eigenvalue weighted by Gasteiger charge is -2.73. The van der Waals surface area contributed by atoms with Gasteiger partial charge in [-0.3, -0.25) is 9.59 Å². The maximum atomic E-state index is 13.0. The highest BCUT2D eigenvalue weighted by molar-refractivity contribution is 5.81. The minimum absolute atomic E-state index is 0.0882. The molecule has 0 radical (unpaired) electrons. The number of aliphatic carboxylic acids is 1. The third-order valence-corrected chi connectivity index (χ3v) is 15.5. The Hall–Kier alpha value is -1.40. The molecular weight excluding hydrogens is 560 g/mol. The highest BCUT2D eigenvalue weighted by Crippen LogP contribution is 2.76. The average Bonchev–Trinajstić information content (AvgIpc) is 3.30. The molecule has 45 heavy (non-hydrogen) atoms. The van der Waals surface area contributed by atoms with E-state index in [1.165, 1.54) is 56.9 Å². The van der Waals surface area contributed by atoms with Crippen molar-refractivity contribution in [3.63, 3.8) is 0 Å². The number of rotatable bonds is 9. The van der Waals surface area contributed by atoms with Gasteiger partial charge >= 0.3 is 11.9 Å². The summed E-state index contributed by atoms with van der Waals surface area (Å²) >= 11 is 0. The van der Waals surface area contributed by atoms with Crippen LogP contribution in [0, 0.1) is 56.7 Å². The molecule has 5 saturated carbocycles. The van der Waals surface area contributed by atoms with Crippen molar-refractivity contribution in [3.8, 4) is 0 Å². The van der Waals surface area contributed by atoms with Gasteiger partial charge in [0, 0.05) is 24.0 Å². The van der Waals surface area contributed by atoms with E-state index in [-0.39, 0.29) is 40.3 Å². The predicted molar refractivity (Wildman–Crippen MR) is 182 cm³/mol. The SMILES string of the molecule is C=C(C)[C@@H]1CC[C@]2(NCCN(C)C)CC[C@]3(C)C(CC[C@@H]4[C@@]5(C)CC[C@H](OC(=O)CC(C)(C)C(=O)O)C(C)(C)[C@@H]5CC[C@]43C)[C@@H]12. The van der Waals surface area contributed by atoms with E-state index in [0.717, 1.165) is 25.9 Å². The van der Waals surface area contributed by atoms with E-state index in [4.69, 9.17) is 4.74 Å². The second kappa shape index (κ2) is 11.6. The Morgan fingerprint density at radius 2 is 1.60 bits per heavy atom. The first-order valence-electron chi connectivity index (χ1n) is 18.2. The van der Waals surface area contributed by atoms with Crippen LogP contribution in [0.15, 0.2) is 12.2 Å². The molecule has 6 heteroatoms. The van der Waals surface area contributed by atoms with Gasteiger partial charge in [-0.25, -0.2) is 0 Å². The zero-order chi connectivity index (χ0) is 33.4. The molecule has 0 amide bonds. The van der Waals surface area contributed by atoms with Gasteiger partial charge in [-0.05, 0) is 145 Å². The Bertz CT molecular complexity index is 1180. The summed E-state index contributed by atoms with van der Waals surface area (Å²) in [5.41, 5.74) is 1.16. The van der Waals surface area contributed by atoms with Crippen molar-refractivity contribution in [3.05, 3.63) is 12.2 Å². The monoisotopic (exact) mass is 627 g/mol. The van der Waals surface area contributed by atoms with Crippen molar-refractivity contribution in [1.29, 1.82) is 0 Å². The van der Waals surface area contributed by atoms with E-state index in [1.807, 2.05) is 0 Å². The number of hydrogen-bond acceptors (Lipinski definition) is 5. The number of carboxylic acid groups (broad SMARTS) is 1. The lowest BCUT2D eigenvalue weighted by Crippen LogP contribution is -2.69. The van der Waals surface area contributed by atoms with Crippen molar-refractivity contribution in [2.75, 3.05) is 27.2 Å². The Balaban J connectivity index is 1.40. The van der Waals surface area contributed by atoms with Crippen LogP contribution in [0.5, 0.6) is 0 Å². The zero-order valence-electron chi connectivity index (χ0n) is 30.5. The fourth-order valence-electron chi connectivity index (χ4n) is 12.8. The molecule has 0 aromatic rings. The van der Waals surface area contributed by atoms with Crippen LogP contribution in [0.1, 0.15) is 126 Å². The second-order valence-corrected chi connectivity index (χ2v) is 18.8. The van der Waals surface area contributed by atoms with E-state index < -0.39 is 11.4 Å². The van der Waals surface area contributed by atoms with Gasteiger partial charge in [0.2, 0.25) is 0 Å². The van der Waals surface area contributed by atoms with Crippen LogP contribution in [0.2, 0.25) is 0 Å². The first-order valence-corrected chi connectivity index (χ1v) is 18.2. The van der Waals surface area contributed by atoms with Crippen LogP contribution in [0.25, 0.3) is 0 Å². The number of fused-ring (bicyclic) bond motifs is 7. The number of ether oxygens (including phenoxy) is 1. The van der Waals surface area contributed by atoms with E-state index in [9.17, 15) is 14.7 Å².